The Bertz CT molecular complexity index is 886. The zero-order valence-electron chi connectivity index (χ0n) is 14.0. The van der Waals surface area contributed by atoms with Gasteiger partial charge in [-0.3, -0.25) is 0 Å². The first-order valence-electron chi connectivity index (χ1n) is 7.71. The van der Waals surface area contributed by atoms with Crippen LogP contribution in [0, 0.1) is 11.8 Å². The number of halogens is 4. The lowest BCUT2D eigenvalue weighted by Gasteiger charge is -2.09. The second-order valence-electron chi connectivity index (χ2n) is 5.55. The predicted molar refractivity (Wildman–Crippen MR) is 97.1 cm³/mol. The number of carboxylic acids is 1. The molecule has 4 nitrogen and oxygen atoms in total. The third-order valence-corrected chi connectivity index (χ3v) is 3.64. The molecule has 2 rings (SSSR count). The van der Waals surface area contributed by atoms with Crippen LogP contribution in [0.2, 0.25) is 0 Å². The Kier molecular flexibility index (Phi) is 7.70. The SMILES string of the molecule is Cl.NCCCc1cc(C(=O)O)ccc1C#Cc1ccc(O)cc1C(F)(F)F. The van der Waals surface area contributed by atoms with Crippen LogP contribution in [0.25, 0.3) is 0 Å². The van der Waals surface area contributed by atoms with E-state index in [1.165, 1.54) is 18.2 Å². The quantitative estimate of drug-likeness (QED) is 0.682. The van der Waals surface area contributed by atoms with Crippen molar-refractivity contribution in [3.8, 4) is 17.6 Å². The lowest BCUT2D eigenvalue weighted by molar-refractivity contribution is -0.137. The Balaban J connectivity index is 0.00000364. The summed E-state index contributed by atoms with van der Waals surface area (Å²) in [6.07, 6.45) is -3.60. The number of hydrogen-bond donors (Lipinski definition) is 3. The van der Waals surface area contributed by atoms with E-state index in [2.05, 4.69) is 11.8 Å². The largest absolute Gasteiger partial charge is 0.508 e. The molecular formula is C19H17ClF3NO3. The summed E-state index contributed by atoms with van der Waals surface area (Å²) in [4.78, 5) is 11.1. The van der Waals surface area contributed by atoms with Gasteiger partial charge in [0.15, 0.2) is 0 Å². The molecule has 0 unspecified atom stereocenters. The highest BCUT2D eigenvalue weighted by atomic mass is 35.5. The van der Waals surface area contributed by atoms with Crippen LogP contribution < -0.4 is 5.73 Å². The molecule has 0 saturated heterocycles. The van der Waals surface area contributed by atoms with Gasteiger partial charge in [0.1, 0.15) is 5.75 Å². The molecule has 0 radical (unpaired) electrons. The second kappa shape index (κ2) is 9.31. The summed E-state index contributed by atoms with van der Waals surface area (Å²) in [7, 11) is 0. The lowest BCUT2D eigenvalue weighted by atomic mass is 9.99. The predicted octanol–water partition coefficient (Wildman–Crippen LogP) is 3.82. The van der Waals surface area contributed by atoms with Crippen LogP contribution in [0.15, 0.2) is 36.4 Å². The molecule has 0 heterocycles. The highest BCUT2D eigenvalue weighted by Gasteiger charge is 2.33. The number of carboxylic acid groups (broad SMARTS) is 1. The summed E-state index contributed by atoms with van der Waals surface area (Å²) in [5.41, 5.74) is 5.28. The van der Waals surface area contributed by atoms with E-state index in [1.54, 1.807) is 0 Å². The molecule has 4 N–H and O–H groups in total. The average Bonchev–Trinajstić information content (AvgIpc) is 2.58. The molecule has 0 spiro atoms. The molecule has 0 aliphatic rings. The fourth-order valence-corrected chi connectivity index (χ4v) is 2.36. The highest BCUT2D eigenvalue weighted by Crippen LogP contribution is 2.33. The first-order chi connectivity index (χ1) is 12.2. The molecule has 0 aliphatic heterocycles. The van der Waals surface area contributed by atoms with Gasteiger partial charge in [-0.25, -0.2) is 4.79 Å². The van der Waals surface area contributed by atoms with E-state index in [0.29, 0.717) is 36.6 Å². The number of aromatic carboxylic acids is 1. The van der Waals surface area contributed by atoms with Crippen LogP contribution in [0.3, 0.4) is 0 Å². The molecule has 0 aliphatic carbocycles. The van der Waals surface area contributed by atoms with Crippen molar-refractivity contribution < 1.29 is 28.2 Å². The number of rotatable bonds is 4. The average molecular weight is 400 g/mol. The van der Waals surface area contributed by atoms with Gasteiger partial charge in [0.05, 0.1) is 11.1 Å². The summed E-state index contributed by atoms with van der Waals surface area (Å²) < 4.78 is 39.3. The summed E-state index contributed by atoms with van der Waals surface area (Å²) in [6, 6.07) is 7.10. The zero-order valence-corrected chi connectivity index (χ0v) is 14.8. The molecule has 0 amide bonds. The summed E-state index contributed by atoms with van der Waals surface area (Å²) in [5, 5.41) is 18.4. The van der Waals surface area contributed by atoms with Crippen molar-refractivity contribution in [2.45, 2.75) is 19.0 Å². The molecule has 0 bridgehead atoms. The van der Waals surface area contributed by atoms with Gasteiger partial charge in [-0.2, -0.15) is 13.2 Å². The van der Waals surface area contributed by atoms with Crippen molar-refractivity contribution in [1.29, 1.82) is 0 Å². The van der Waals surface area contributed by atoms with Gasteiger partial charge >= 0.3 is 12.1 Å². The van der Waals surface area contributed by atoms with Gasteiger partial charge in [-0.05, 0) is 61.3 Å². The third kappa shape index (κ3) is 5.91. The molecule has 0 saturated carbocycles. The lowest BCUT2D eigenvalue weighted by Crippen LogP contribution is -2.07. The minimum Gasteiger partial charge on any atom is -0.508 e. The van der Waals surface area contributed by atoms with E-state index in [-0.39, 0.29) is 23.5 Å². The van der Waals surface area contributed by atoms with Crippen molar-refractivity contribution >= 4 is 18.4 Å². The minimum absolute atomic E-state index is 0. The first-order valence-corrected chi connectivity index (χ1v) is 7.71. The zero-order chi connectivity index (χ0) is 19.3. The molecule has 2 aromatic rings. The van der Waals surface area contributed by atoms with E-state index >= 15 is 0 Å². The fraction of sp³-hybridized carbons (Fsp3) is 0.211. The van der Waals surface area contributed by atoms with E-state index in [0.717, 1.165) is 12.1 Å². The van der Waals surface area contributed by atoms with Crippen LogP contribution in [-0.4, -0.2) is 22.7 Å². The number of alkyl halides is 3. The monoisotopic (exact) mass is 399 g/mol. The molecule has 0 fully saturated rings. The highest BCUT2D eigenvalue weighted by molar-refractivity contribution is 5.88. The van der Waals surface area contributed by atoms with E-state index in [1.807, 2.05) is 0 Å². The Morgan fingerprint density at radius 2 is 1.70 bits per heavy atom. The molecule has 144 valence electrons. The summed E-state index contributed by atoms with van der Waals surface area (Å²) in [5.74, 6) is 3.54. The topological polar surface area (TPSA) is 83.6 Å². The fourth-order valence-electron chi connectivity index (χ4n) is 2.36. The van der Waals surface area contributed by atoms with Gasteiger partial charge in [0, 0.05) is 11.1 Å². The van der Waals surface area contributed by atoms with Crippen LogP contribution in [0.4, 0.5) is 13.2 Å². The van der Waals surface area contributed by atoms with Gasteiger partial charge in [-0.1, -0.05) is 11.8 Å². The number of hydrogen-bond acceptors (Lipinski definition) is 3. The number of benzene rings is 2. The summed E-state index contributed by atoms with van der Waals surface area (Å²) in [6.45, 7) is 0.389. The van der Waals surface area contributed by atoms with Crippen molar-refractivity contribution in [3.63, 3.8) is 0 Å². The molecule has 0 aromatic heterocycles. The number of aromatic hydroxyl groups is 1. The molecular weight excluding hydrogens is 383 g/mol. The number of phenolic OH excluding ortho intramolecular Hbond substituents is 1. The molecule has 8 heteroatoms. The molecule has 2 aromatic carbocycles. The van der Waals surface area contributed by atoms with Crippen molar-refractivity contribution in [3.05, 3.63) is 64.2 Å². The Morgan fingerprint density at radius 1 is 1.07 bits per heavy atom. The Labute approximate surface area is 160 Å². The van der Waals surface area contributed by atoms with Gasteiger partial charge in [0.2, 0.25) is 0 Å². The number of aryl methyl sites for hydroxylation is 1. The standard InChI is InChI=1S/C19H16F3NO3.ClH/c20-19(21,22)17-11-16(24)8-7-13(17)5-3-12-4-6-15(18(25)26)10-14(12)2-1-9-23;/h4,6-8,10-11,24H,1-2,9,23H2,(H,25,26);1H. The second-order valence-corrected chi connectivity index (χ2v) is 5.55. The van der Waals surface area contributed by atoms with Crippen LogP contribution >= 0.6 is 12.4 Å². The summed E-state index contributed by atoms with van der Waals surface area (Å²) >= 11 is 0. The minimum atomic E-state index is -4.65. The van der Waals surface area contributed by atoms with Crippen LogP contribution in [-0.2, 0) is 12.6 Å². The number of carbonyl (C=O) groups is 1. The smallest absolute Gasteiger partial charge is 0.417 e. The third-order valence-electron chi connectivity index (χ3n) is 3.64. The maximum absolute atomic E-state index is 13.1. The van der Waals surface area contributed by atoms with Crippen molar-refractivity contribution in [2.75, 3.05) is 6.54 Å². The molecule has 27 heavy (non-hydrogen) atoms. The van der Waals surface area contributed by atoms with E-state index in [4.69, 9.17) is 10.8 Å². The van der Waals surface area contributed by atoms with Gasteiger partial charge in [-0.15, -0.1) is 12.4 Å². The van der Waals surface area contributed by atoms with Gasteiger partial charge < -0.3 is 15.9 Å². The van der Waals surface area contributed by atoms with Crippen LogP contribution in [0.1, 0.15) is 39.0 Å². The molecule has 0 atom stereocenters. The van der Waals surface area contributed by atoms with Crippen LogP contribution in [0.5, 0.6) is 5.75 Å². The maximum atomic E-state index is 13.1. The maximum Gasteiger partial charge on any atom is 0.417 e. The van der Waals surface area contributed by atoms with E-state index < -0.39 is 23.5 Å². The van der Waals surface area contributed by atoms with Crippen molar-refractivity contribution in [1.82, 2.24) is 0 Å². The van der Waals surface area contributed by atoms with Gasteiger partial charge in [0.25, 0.3) is 0 Å². The number of phenols is 1. The Hall–Kier alpha value is -2.69. The first kappa shape index (κ1) is 22.4. The number of nitrogens with two attached hydrogens (primary N) is 1. The van der Waals surface area contributed by atoms with Crippen molar-refractivity contribution in [2.24, 2.45) is 5.73 Å². The Morgan fingerprint density at radius 3 is 2.30 bits per heavy atom. The van der Waals surface area contributed by atoms with E-state index in [9.17, 15) is 23.1 Å². The normalized spacial score (nSPS) is 10.5.